The molecule has 0 aliphatic rings. The Morgan fingerprint density at radius 3 is 1.74 bits per heavy atom. The normalized spacial score (nSPS) is 14.6. The smallest absolute Gasteiger partial charge is 0.326 e. The van der Waals surface area contributed by atoms with Crippen molar-refractivity contribution >= 4 is 48.2 Å². The Bertz CT molecular complexity index is 702. The lowest BCUT2D eigenvalue weighted by molar-refractivity contribution is -0.143. The third kappa shape index (κ3) is 11.2. The molecule has 0 aromatic heterocycles. The van der Waals surface area contributed by atoms with E-state index in [4.69, 9.17) is 21.7 Å². The molecule has 0 spiro atoms. The Kier molecular flexibility index (Phi) is 12.2. The number of thiol groups is 1. The molecule has 0 saturated heterocycles. The second-order valence-electron chi connectivity index (χ2n) is 7.21. The topological polar surface area (TPSA) is 231 Å². The van der Waals surface area contributed by atoms with Gasteiger partial charge in [0.15, 0.2) is 0 Å². The monoisotopic (exact) mass is 463 g/mol. The summed E-state index contributed by atoms with van der Waals surface area (Å²) in [6.45, 7) is 3.51. The van der Waals surface area contributed by atoms with E-state index in [-0.39, 0.29) is 18.1 Å². The van der Waals surface area contributed by atoms with Crippen LogP contribution in [0, 0.1) is 5.92 Å². The maximum absolute atomic E-state index is 12.5. The molecule has 0 aromatic rings. The highest BCUT2D eigenvalue weighted by Gasteiger charge is 2.31. The molecular weight excluding hydrogens is 434 g/mol. The molecule has 0 rings (SSSR count). The van der Waals surface area contributed by atoms with E-state index in [1.807, 2.05) is 0 Å². The van der Waals surface area contributed by atoms with Crippen LogP contribution in [-0.4, -0.2) is 75.7 Å². The maximum atomic E-state index is 12.5. The van der Waals surface area contributed by atoms with Gasteiger partial charge in [-0.05, 0) is 12.3 Å². The van der Waals surface area contributed by atoms with Crippen molar-refractivity contribution in [3.63, 3.8) is 0 Å². The number of carbonyl (C=O) groups is 6. The Morgan fingerprint density at radius 2 is 1.32 bits per heavy atom. The van der Waals surface area contributed by atoms with Gasteiger partial charge in [-0.2, -0.15) is 12.6 Å². The van der Waals surface area contributed by atoms with Crippen molar-refractivity contribution in [2.24, 2.45) is 17.4 Å². The molecule has 4 amide bonds. The fourth-order valence-corrected chi connectivity index (χ4v) is 2.66. The van der Waals surface area contributed by atoms with Crippen LogP contribution in [0.3, 0.4) is 0 Å². The van der Waals surface area contributed by atoms with Crippen molar-refractivity contribution in [2.45, 2.75) is 57.3 Å². The fraction of sp³-hybridized carbons (Fsp3) is 0.647. The molecular formula is C17H29N5O8S. The Morgan fingerprint density at radius 1 is 0.839 bits per heavy atom. The summed E-state index contributed by atoms with van der Waals surface area (Å²) in [6.07, 6.45) is -1.17. The number of primary amides is 1. The minimum atomic E-state index is -1.58. The van der Waals surface area contributed by atoms with Crippen LogP contribution in [0.25, 0.3) is 0 Å². The summed E-state index contributed by atoms with van der Waals surface area (Å²) >= 11 is 3.97. The molecule has 176 valence electrons. The number of carboxylic acids is 2. The van der Waals surface area contributed by atoms with E-state index in [0.29, 0.717) is 0 Å². The highest BCUT2D eigenvalue weighted by atomic mass is 32.1. The molecule has 0 bridgehead atoms. The molecule has 31 heavy (non-hydrogen) atoms. The SMILES string of the molecule is CC(C)CC(NC(=O)C(CS)NC(=O)C(N)CC(=O)O)C(=O)NC(CC(N)=O)C(=O)O. The predicted octanol–water partition coefficient (Wildman–Crippen LogP) is -2.82. The van der Waals surface area contributed by atoms with Gasteiger partial charge in [0.05, 0.1) is 18.9 Å². The molecule has 0 saturated carbocycles. The Labute approximate surface area is 184 Å². The standard InChI is InChI=1S/C17H29N5O8S/c1-7(2)3-9(15(27)21-10(17(29)30)5-12(19)23)20-16(28)11(6-31)22-14(26)8(18)4-13(24)25/h7-11,31H,3-6,18H2,1-2H3,(H2,19,23)(H,20,28)(H,21,27)(H,22,26)(H,24,25)(H,29,30). The van der Waals surface area contributed by atoms with Gasteiger partial charge in [-0.15, -0.1) is 0 Å². The van der Waals surface area contributed by atoms with Gasteiger partial charge in [0.25, 0.3) is 0 Å². The van der Waals surface area contributed by atoms with Crippen molar-refractivity contribution in [3.05, 3.63) is 0 Å². The van der Waals surface area contributed by atoms with Crippen LogP contribution in [0.4, 0.5) is 0 Å². The van der Waals surface area contributed by atoms with E-state index in [1.54, 1.807) is 13.8 Å². The first kappa shape index (κ1) is 28.1. The van der Waals surface area contributed by atoms with Gasteiger partial charge < -0.3 is 37.6 Å². The van der Waals surface area contributed by atoms with Crippen LogP contribution in [0.5, 0.6) is 0 Å². The predicted molar refractivity (Wildman–Crippen MR) is 111 cm³/mol. The molecule has 9 N–H and O–H groups in total. The maximum Gasteiger partial charge on any atom is 0.326 e. The third-order valence-electron chi connectivity index (χ3n) is 3.91. The highest BCUT2D eigenvalue weighted by Crippen LogP contribution is 2.07. The van der Waals surface area contributed by atoms with Crippen LogP contribution < -0.4 is 27.4 Å². The van der Waals surface area contributed by atoms with Crippen molar-refractivity contribution in [2.75, 3.05) is 5.75 Å². The van der Waals surface area contributed by atoms with Crippen molar-refractivity contribution in [3.8, 4) is 0 Å². The van der Waals surface area contributed by atoms with E-state index in [9.17, 15) is 28.8 Å². The van der Waals surface area contributed by atoms with Crippen LogP contribution >= 0.6 is 12.6 Å². The molecule has 14 heteroatoms. The molecule has 4 unspecified atom stereocenters. The first-order chi connectivity index (χ1) is 14.3. The van der Waals surface area contributed by atoms with Gasteiger partial charge in [-0.25, -0.2) is 4.79 Å². The average Bonchev–Trinajstić information content (AvgIpc) is 2.62. The number of hydrogen-bond acceptors (Lipinski definition) is 8. The fourth-order valence-electron chi connectivity index (χ4n) is 2.40. The van der Waals surface area contributed by atoms with E-state index < -0.39 is 72.6 Å². The molecule has 0 heterocycles. The first-order valence-corrected chi connectivity index (χ1v) is 9.92. The lowest BCUT2D eigenvalue weighted by atomic mass is 10.0. The number of nitrogens with two attached hydrogens (primary N) is 2. The zero-order valence-corrected chi connectivity index (χ0v) is 18.1. The lowest BCUT2D eigenvalue weighted by Gasteiger charge is -2.25. The van der Waals surface area contributed by atoms with Gasteiger partial charge in [0.2, 0.25) is 23.6 Å². The highest BCUT2D eigenvalue weighted by molar-refractivity contribution is 7.80. The number of carbonyl (C=O) groups excluding carboxylic acids is 4. The first-order valence-electron chi connectivity index (χ1n) is 9.28. The Hall–Kier alpha value is -2.87. The number of nitrogens with one attached hydrogen (secondary N) is 3. The third-order valence-corrected chi connectivity index (χ3v) is 4.27. The number of aliphatic carboxylic acids is 2. The zero-order valence-electron chi connectivity index (χ0n) is 17.2. The van der Waals surface area contributed by atoms with Crippen LogP contribution in [0.2, 0.25) is 0 Å². The Balaban J connectivity index is 5.29. The van der Waals surface area contributed by atoms with Crippen LogP contribution in [0.1, 0.15) is 33.1 Å². The average molecular weight is 464 g/mol. The van der Waals surface area contributed by atoms with E-state index >= 15 is 0 Å². The van der Waals surface area contributed by atoms with Crippen LogP contribution in [-0.2, 0) is 28.8 Å². The summed E-state index contributed by atoms with van der Waals surface area (Å²) in [5, 5.41) is 24.6. The van der Waals surface area contributed by atoms with Crippen molar-refractivity contribution < 1.29 is 39.0 Å². The van der Waals surface area contributed by atoms with Crippen molar-refractivity contribution in [1.82, 2.24) is 16.0 Å². The van der Waals surface area contributed by atoms with E-state index in [2.05, 4.69) is 28.6 Å². The van der Waals surface area contributed by atoms with Gasteiger partial charge in [0.1, 0.15) is 18.1 Å². The quantitative estimate of drug-likeness (QED) is 0.124. The molecule has 0 aliphatic heterocycles. The summed E-state index contributed by atoms with van der Waals surface area (Å²) < 4.78 is 0. The minimum absolute atomic E-state index is 0.0940. The van der Waals surface area contributed by atoms with E-state index in [0.717, 1.165) is 0 Å². The molecule has 0 aromatic carbocycles. The summed E-state index contributed by atoms with van der Waals surface area (Å²) in [7, 11) is 0. The molecule has 0 radical (unpaired) electrons. The molecule has 0 fully saturated rings. The molecule has 0 aliphatic carbocycles. The zero-order chi connectivity index (χ0) is 24.3. The lowest BCUT2D eigenvalue weighted by Crippen LogP contribution is -2.58. The summed E-state index contributed by atoms with van der Waals surface area (Å²) in [5.74, 6) is -6.56. The second-order valence-corrected chi connectivity index (χ2v) is 7.57. The van der Waals surface area contributed by atoms with Crippen molar-refractivity contribution in [1.29, 1.82) is 0 Å². The second kappa shape index (κ2) is 13.4. The molecule has 13 nitrogen and oxygen atoms in total. The molecule has 4 atom stereocenters. The van der Waals surface area contributed by atoms with Crippen LogP contribution in [0.15, 0.2) is 0 Å². The number of rotatable bonds is 14. The number of hydrogen-bond donors (Lipinski definition) is 8. The van der Waals surface area contributed by atoms with Gasteiger partial charge in [0, 0.05) is 5.75 Å². The largest absolute Gasteiger partial charge is 0.481 e. The summed E-state index contributed by atoms with van der Waals surface area (Å²) in [4.78, 5) is 70.0. The minimum Gasteiger partial charge on any atom is -0.481 e. The van der Waals surface area contributed by atoms with Gasteiger partial charge in [-0.1, -0.05) is 13.8 Å². The van der Waals surface area contributed by atoms with Gasteiger partial charge in [-0.3, -0.25) is 24.0 Å². The number of carboxylic acid groups (broad SMARTS) is 2. The summed E-state index contributed by atoms with van der Waals surface area (Å²) in [6, 6.07) is -5.40. The number of amides is 4. The van der Waals surface area contributed by atoms with Gasteiger partial charge >= 0.3 is 11.9 Å². The summed E-state index contributed by atoms with van der Waals surface area (Å²) in [5.41, 5.74) is 10.4. The van der Waals surface area contributed by atoms with E-state index in [1.165, 1.54) is 0 Å².